The molecular weight excluding hydrogens is 362 g/mol. The van der Waals surface area contributed by atoms with E-state index in [0.717, 1.165) is 0 Å². The van der Waals surface area contributed by atoms with Gasteiger partial charge in [-0.05, 0) is 36.8 Å². The molecule has 4 amide bonds. The molecule has 28 heavy (non-hydrogen) atoms. The smallest absolute Gasteiger partial charge is 0.255 e. The number of amides is 4. The topological polar surface area (TPSA) is 109 Å². The van der Waals surface area contributed by atoms with Gasteiger partial charge in [0, 0.05) is 35.9 Å². The van der Waals surface area contributed by atoms with Gasteiger partial charge in [0.15, 0.2) is 0 Å². The maximum atomic E-state index is 12.8. The van der Waals surface area contributed by atoms with E-state index in [0.29, 0.717) is 22.6 Å². The molecule has 8 nitrogen and oxygen atoms in total. The zero-order chi connectivity index (χ0) is 19.7. The number of rotatable bonds is 4. The summed E-state index contributed by atoms with van der Waals surface area (Å²) < 4.78 is 5.14. The zero-order valence-electron chi connectivity index (χ0n) is 14.8. The molecule has 8 heteroatoms. The van der Waals surface area contributed by atoms with Crippen molar-refractivity contribution in [3.63, 3.8) is 0 Å². The van der Waals surface area contributed by atoms with Gasteiger partial charge >= 0.3 is 0 Å². The third kappa shape index (κ3) is 3.32. The Morgan fingerprint density at radius 2 is 2.07 bits per heavy atom. The van der Waals surface area contributed by atoms with Crippen LogP contribution in [0, 0.1) is 0 Å². The molecule has 1 aromatic heterocycles. The molecule has 2 N–H and O–H groups in total. The number of fused-ring (bicyclic) bond motifs is 1. The molecule has 0 aliphatic carbocycles. The Morgan fingerprint density at radius 1 is 1.21 bits per heavy atom. The summed E-state index contributed by atoms with van der Waals surface area (Å²) in [4.78, 5) is 49.9. The summed E-state index contributed by atoms with van der Waals surface area (Å²) in [6, 6.07) is 7.80. The van der Waals surface area contributed by atoms with Gasteiger partial charge in [0.25, 0.3) is 5.91 Å². The van der Waals surface area contributed by atoms with Crippen LogP contribution in [0.1, 0.15) is 34.5 Å². The predicted molar refractivity (Wildman–Crippen MR) is 98.9 cm³/mol. The number of nitrogens with one attached hydrogen (secondary N) is 2. The third-order valence-electron chi connectivity index (χ3n) is 4.78. The van der Waals surface area contributed by atoms with E-state index >= 15 is 0 Å². The van der Waals surface area contributed by atoms with E-state index in [4.69, 9.17) is 4.42 Å². The average molecular weight is 379 g/mol. The average Bonchev–Trinajstić information content (AvgIpc) is 3.29. The van der Waals surface area contributed by atoms with E-state index in [1.807, 2.05) is 0 Å². The van der Waals surface area contributed by atoms with Crippen LogP contribution in [0.5, 0.6) is 0 Å². The second-order valence-electron chi connectivity index (χ2n) is 6.57. The molecule has 0 saturated carbocycles. The normalized spacial score (nSPS) is 19.1. The van der Waals surface area contributed by atoms with Gasteiger partial charge in [-0.15, -0.1) is 0 Å². The number of nitrogens with zero attached hydrogens (tertiary/aromatic N) is 1. The third-order valence-corrected chi connectivity index (χ3v) is 4.78. The molecule has 1 aromatic carbocycles. The van der Waals surface area contributed by atoms with Gasteiger partial charge in [-0.1, -0.05) is 6.07 Å². The summed E-state index contributed by atoms with van der Waals surface area (Å²) in [5.74, 6) is -0.901. The van der Waals surface area contributed by atoms with E-state index in [9.17, 15) is 19.2 Å². The SMILES string of the molecule is O=C(/C=C/c1ccco1)Nc1cccc2c1CN(C1CCC(=O)NC1=O)C2=O. The first kappa shape index (κ1) is 17.7. The first-order valence-corrected chi connectivity index (χ1v) is 8.82. The van der Waals surface area contributed by atoms with Crippen molar-refractivity contribution in [3.8, 4) is 0 Å². The molecule has 0 bridgehead atoms. The van der Waals surface area contributed by atoms with Crippen LogP contribution in [-0.4, -0.2) is 34.6 Å². The van der Waals surface area contributed by atoms with Gasteiger partial charge < -0.3 is 14.6 Å². The molecule has 1 fully saturated rings. The second-order valence-corrected chi connectivity index (χ2v) is 6.57. The lowest BCUT2D eigenvalue weighted by atomic mass is 10.0. The van der Waals surface area contributed by atoms with Crippen molar-refractivity contribution in [2.24, 2.45) is 0 Å². The molecule has 2 aliphatic rings. The lowest BCUT2D eigenvalue weighted by molar-refractivity contribution is -0.137. The minimum Gasteiger partial charge on any atom is -0.465 e. The van der Waals surface area contributed by atoms with Gasteiger partial charge in [0.1, 0.15) is 11.8 Å². The quantitative estimate of drug-likeness (QED) is 0.621. The molecule has 2 aliphatic heterocycles. The Labute approximate surface area is 160 Å². The number of anilines is 1. The first-order chi connectivity index (χ1) is 13.5. The highest BCUT2D eigenvalue weighted by atomic mass is 16.3. The maximum Gasteiger partial charge on any atom is 0.255 e. The zero-order valence-corrected chi connectivity index (χ0v) is 14.8. The molecule has 0 radical (unpaired) electrons. The molecule has 3 heterocycles. The lowest BCUT2D eigenvalue weighted by Gasteiger charge is -2.29. The highest BCUT2D eigenvalue weighted by Gasteiger charge is 2.39. The van der Waals surface area contributed by atoms with Gasteiger partial charge in [0.2, 0.25) is 17.7 Å². The van der Waals surface area contributed by atoms with Crippen molar-refractivity contribution >= 4 is 35.4 Å². The fourth-order valence-electron chi connectivity index (χ4n) is 3.42. The number of benzene rings is 1. The Balaban J connectivity index is 1.52. The van der Waals surface area contributed by atoms with Crippen molar-refractivity contribution in [1.82, 2.24) is 10.2 Å². The standard InChI is InChI=1S/C20H17N3O5/c24-17(8-6-12-3-2-10-28-12)21-15-5-1-4-13-14(15)11-23(20(13)27)16-7-9-18(25)22-19(16)26/h1-6,8,10,16H,7,9,11H2,(H,21,24)(H,22,25,26)/b8-6+. The molecular formula is C20H17N3O5. The number of imide groups is 1. The van der Waals surface area contributed by atoms with E-state index < -0.39 is 11.9 Å². The summed E-state index contributed by atoms with van der Waals surface area (Å²) in [6.07, 6.45) is 4.87. The van der Waals surface area contributed by atoms with E-state index in [1.165, 1.54) is 17.2 Å². The fraction of sp³-hybridized carbons (Fsp3) is 0.200. The van der Waals surface area contributed by atoms with Gasteiger partial charge in [0.05, 0.1) is 6.26 Å². The largest absolute Gasteiger partial charge is 0.465 e. The maximum absolute atomic E-state index is 12.8. The van der Waals surface area contributed by atoms with Crippen molar-refractivity contribution in [1.29, 1.82) is 0 Å². The Morgan fingerprint density at radius 3 is 2.82 bits per heavy atom. The second kappa shape index (κ2) is 7.15. The highest BCUT2D eigenvalue weighted by molar-refractivity contribution is 6.08. The van der Waals surface area contributed by atoms with Crippen molar-refractivity contribution in [2.75, 3.05) is 5.32 Å². The number of carbonyl (C=O) groups is 4. The first-order valence-electron chi connectivity index (χ1n) is 8.82. The molecule has 142 valence electrons. The number of hydrogen-bond donors (Lipinski definition) is 2. The van der Waals surface area contributed by atoms with E-state index in [1.54, 1.807) is 36.4 Å². The molecule has 1 unspecified atom stereocenters. The molecule has 1 saturated heterocycles. The summed E-state index contributed by atoms with van der Waals surface area (Å²) in [5.41, 5.74) is 1.60. The summed E-state index contributed by atoms with van der Waals surface area (Å²) in [6.45, 7) is 0.193. The minimum absolute atomic E-state index is 0.192. The van der Waals surface area contributed by atoms with Gasteiger partial charge in [-0.3, -0.25) is 24.5 Å². The Hall–Kier alpha value is -3.68. The predicted octanol–water partition coefficient (Wildman–Crippen LogP) is 1.69. The van der Waals surface area contributed by atoms with Gasteiger partial charge in [-0.25, -0.2) is 0 Å². The molecule has 4 rings (SSSR count). The number of hydrogen-bond acceptors (Lipinski definition) is 5. The van der Waals surface area contributed by atoms with Crippen molar-refractivity contribution < 1.29 is 23.6 Å². The Bertz CT molecular complexity index is 993. The minimum atomic E-state index is -0.694. The van der Waals surface area contributed by atoms with E-state index in [2.05, 4.69) is 10.6 Å². The highest BCUT2D eigenvalue weighted by Crippen LogP contribution is 2.32. The number of piperidine rings is 1. The fourth-order valence-corrected chi connectivity index (χ4v) is 3.42. The van der Waals surface area contributed by atoms with Crippen molar-refractivity contribution in [2.45, 2.75) is 25.4 Å². The van der Waals surface area contributed by atoms with Crippen LogP contribution < -0.4 is 10.6 Å². The van der Waals surface area contributed by atoms with E-state index in [-0.39, 0.29) is 37.1 Å². The van der Waals surface area contributed by atoms with Crippen LogP contribution >= 0.6 is 0 Å². The monoisotopic (exact) mass is 379 g/mol. The number of furan rings is 1. The van der Waals surface area contributed by atoms with Crippen molar-refractivity contribution in [3.05, 3.63) is 59.6 Å². The molecule has 0 spiro atoms. The van der Waals surface area contributed by atoms with Crippen LogP contribution in [0.2, 0.25) is 0 Å². The van der Waals surface area contributed by atoms with Crippen LogP contribution in [0.25, 0.3) is 6.08 Å². The Kier molecular flexibility index (Phi) is 4.52. The van der Waals surface area contributed by atoms with Crippen LogP contribution in [0.3, 0.4) is 0 Å². The van der Waals surface area contributed by atoms with Gasteiger partial charge in [-0.2, -0.15) is 0 Å². The lowest BCUT2D eigenvalue weighted by Crippen LogP contribution is -2.52. The summed E-state index contributed by atoms with van der Waals surface area (Å²) >= 11 is 0. The van der Waals surface area contributed by atoms with Crippen LogP contribution in [0.15, 0.2) is 47.1 Å². The van der Waals surface area contributed by atoms with Crippen LogP contribution in [0.4, 0.5) is 5.69 Å². The summed E-state index contributed by atoms with van der Waals surface area (Å²) in [7, 11) is 0. The summed E-state index contributed by atoms with van der Waals surface area (Å²) in [5, 5.41) is 5.04. The molecule has 1 atom stereocenters. The van der Waals surface area contributed by atoms with Crippen LogP contribution in [-0.2, 0) is 20.9 Å². The number of carbonyl (C=O) groups excluding carboxylic acids is 4. The molecule has 2 aromatic rings.